The molecule has 0 bridgehead atoms. The van der Waals surface area contributed by atoms with Crippen LogP contribution in [0.25, 0.3) is 0 Å². The molecular weight excluding hydrogens is 1040 g/mol. The standard InChI is InChI=1S/C62H98N12O8/c63-17-21-67-25-33-71(34-26-67)41-53(75)45-79-57-9-1-49(2-10-57)61(50-3-11-58(12-4-50)80-46-54(76)42-72-35-27-68(22-18-64)28-36-72)62(51-5-13-59(14-6-51)81-47-55(77)43-73-37-29-69(23-19-65)30-38-73)52-7-15-60(16-8-52)82-48-56(78)44-74-39-31-70(24-20-66)32-40-74/h1-16,53-56,61-62,75-78H,17-48,63-66H2. The summed E-state index contributed by atoms with van der Waals surface area (Å²) in [6.45, 7) is 23.6. The van der Waals surface area contributed by atoms with Crippen molar-refractivity contribution in [1.82, 2.24) is 39.2 Å². The van der Waals surface area contributed by atoms with Crippen LogP contribution in [0.2, 0.25) is 0 Å². The minimum atomic E-state index is -0.646. The topological polar surface area (TPSA) is 248 Å². The number of benzene rings is 4. The molecular formula is C62H98N12O8. The van der Waals surface area contributed by atoms with E-state index in [9.17, 15) is 20.4 Å². The van der Waals surface area contributed by atoms with E-state index in [-0.39, 0.29) is 38.3 Å². The van der Waals surface area contributed by atoms with E-state index in [1.165, 1.54) is 0 Å². The molecule has 0 saturated carbocycles. The number of ether oxygens (including phenoxy) is 4. The first-order chi connectivity index (χ1) is 40.0. The lowest BCUT2D eigenvalue weighted by molar-refractivity contribution is 0.0466. The first kappa shape index (κ1) is 63.5. The van der Waals surface area contributed by atoms with Gasteiger partial charge in [0.2, 0.25) is 0 Å². The van der Waals surface area contributed by atoms with E-state index in [1.807, 2.05) is 48.5 Å². The molecule has 4 aromatic rings. The molecule has 12 N–H and O–H groups in total. The molecule has 0 aliphatic carbocycles. The monoisotopic (exact) mass is 1140 g/mol. The first-order valence-corrected chi connectivity index (χ1v) is 30.3. The summed E-state index contributed by atoms with van der Waals surface area (Å²) in [7, 11) is 0. The SMILES string of the molecule is NCCN1CCN(CC(O)COc2ccc(C(c3ccc(OCC(O)CN4CCN(CCN)CC4)cc3)C(c3ccc(OCC(O)CN4CCN(CCN)CC4)cc3)c3ccc(OCC(O)CN4CCN(CCN)CC4)cc3)cc2)CC1. The number of hydrogen-bond donors (Lipinski definition) is 8. The lowest BCUT2D eigenvalue weighted by Gasteiger charge is -2.35. The van der Waals surface area contributed by atoms with Crippen LogP contribution in [0.3, 0.4) is 0 Å². The Balaban J connectivity index is 1.00. The molecule has 4 atom stereocenters. The number of nitrogens with two attached hydrogens (primary N) is 4. The first-order valence-electron chi connectivity index (χ1n) is 30.3. The lowest BCUT2D eigenvalue weighted by atomic mass is 9.73. The average molecular weight is 1140 g/mol. The summed E-state index contributed by atoms with van der Waals surface area (Å²) < 4.78 is 25.0. The Hall–Kier alpha value is -4.56. The van der Waals surface area contributed by atoms with Crippen molar-refractivity contribution in [2.75, 3.05) is 210 Å². The van der Waals surface area contributed by atoms with Gasteiger partial charge in [-0.25, -0.2) is 0 Å². The van der Waals surface area contributed by atoms with E-state index in [0.717, 1.165) is 153 Å². The van der Waals surface area contributed by atoms with Crippen LogP contribution in [0.1, 0.15) is 34.1 Å². The Morgan fingerprint density at radius 1 is 0.280 bits per heavy atom. The Morgan fingerprint density at radius 2 is 0.451 bits per heavy atom. The number of aliphatic hydroxyl groups excluding tert-OH is 4. The second-order valence-electron chi connectivity index (χ2n) is 22.8. The zero-order valence-corrected chi connectivity index (χ0v) is 48.6. The van der Waals surface area contributed by atoms with E-state index in [0.29, 0.717) is 75.4 Å². The molecule has 0 spiro atoms. The van der Waals surface area contributed by atoms with Crippen LogP contribution >= 0.6 is 0 Å². The van der Waals surface area contributed by atoms with Crippen molar-refractivity contribution in [3.8, 4) is 23.0 Å². The van der Waals surface area contributed by atoms with Crippen LogP contribution in [-0.2, 0) is 0 Å². The smallest absolute Gasteiger partial charge is 0.119 e. The number of piperazine rings is 4. The molecule has 4 aliphatic rings. The van der Waals surface area contributed by atoms with E-state index in [4.69, 9.17) is 41.9 Å². The predicted octanol–water partition coefficient (Wildman–Crippen LogP) is -0.0854. The van der Waals surface area contributed by atoms with Crippen LogP contribution in [0.4, 0.5) is 0 Å². The molecule has 0 amide bonds. The Bertz CT molecular complexity index is 2020. The summed E-state index contributed by atoms with van der Waals surface area (Å²) in [6.07, 6.45) is -2.58. The molecule has 0 aromatic heterocycles. The lowest BCUT2D eigenvalue weighted by Crippen LogP contribution is -2.50. The van der Waals surface area contributed by atoms with Gasteiger partial charge in [-0.05, 0) is 70.8 Å². The third kappa shape index (κ3) is 20.3. The highest BCUT2D eigenvalue weighted by Crippen LogP contribution is 2.44. The molecule has 4 unspecified atom stereocenters. The second kappa shape index (κ2) is 33.8. The second-order valence-corrected chi connectivity index (χ2v) is 22.8. The van der Waals surface area contributed by atoms with Crippen molar-refractivity contribution in [2.24, 2.45) is 22.9 Å². The summed E-state index contributed by atoms with van der Waals surface area (Å²) in [5, 5.41) is 44.4. The van der Waals surface area contributed by atoms with Crippen LogP contribution < -0.4 is 41.9 Å². The molecule has 4 heterocycles. The van der Waals surface area contributed by atoms with Crippen molar-refractivity contribution in [2.45, 2.75) is 36.3 Å². The maximum atomic E-state index is 11.1. The minimum Gasteiger partial charge on any atom is -0.491 e. The van der Waals surface area contributed by atoms with Crippen molar-refractivity contribution in [3.05, 3.63) is 119 Å². The minimum absolute atomic E-state index is 0.172. The highest BCUT2D eigenvalue weighted by molar-refractivity contribution is 5.48. The van der Waals surface area contributed by atoms with Gasteiger partial charge in [0.15, 0.2) is 0 Å². The Morgan fingerprint density at radius 3 is 0.622 bits per heavy atom. The summed E-state index contributed by atoms with van der Waals surface area (Å²) in [4.78, 5) is 18.6. The number of hydrogen-bond acceptors (Lipinski definition) is 20. The van der Waals surface area contributed by atoms with E-state index < -0.39 is 24.4 Å². The molecule has 4 fully saturated rings. The van der Waals surface area contributed by atoms with E-state index in [2.05, 4.69) is 87.7 Å². The fourth-order valence-electron chi connectivity index (χ4n) is 11.9. The molecule has 0 radical (unpaired) electrons. The summed E-state index contributed by atoms with van der Waals surface area (Å²) in [5.74, 6) is 2.21. The van der Waals surface area contributed by atoms with Gasteiger partial charge in [0.25, 0.3) is 0 Å². The van der Waals surface area contributed by atoms with Gasteiger partial charge in [0.05, 0.1) is 0 Å². The quantitative estimate of drug-likeness (QED) is 0.0311. The average Bonchev–Trinajstić information content (AvgIpc) is 3.56. The molecule has 4 saturated heterocycles. The summed E-state index contributed by atoms with van der Waals surface area (Å²) in [6, 6.07) is 32.8. The Labute approximate surface area is 488 Å². The molecule has 20 nitrogen and oxygen atoms in total. The third-order valence-electron chi connectivity index (χ3n) is 16.6. The van der Waals surface area contributed by atoms with Crippen LogP contribution in [0, 0.1) is 0 Å². The highest BCUT2D eigenvalue weighted by Gasteiger charge is 2.30. The van der Waals surface area contributed by atoms with Crippen molar-refractivity contribution >= 4 is 0 Å². The Kier molecular flexibility index (Phi) is 26.2. The van der Waals surface area contributed by atoms with E-state index in [1.54, 1.807) is 0 Å². The van der Waals surface area contributed by atoms with Crippen LogP contribution in [0.5, 0.6) is 23.0 Å². The molecule has 82 heavy (non-hydrogen) atoms. The number of rotatable bonds is 33. The summed E-state index contributed by atoms with van der Waals surface area (Å²) >= 11 is 0. The molecule has 20 heteroatoms. The summed E-state index contributed by atoms with van der Waals surface area (Å²) in [5.41, 5.74) is 27.3. The molecule has 454 valence electrons. The van der Waals surface area contributed by atoms with Crippen LogP contribution in [-0.4, -0.2) is 294 Å². The molecule has 4 aliphatic heterocycles. The molecule has 8 rings (SSSR count). The highest BCUT2D eigenvalue weighted by atomic mass is 16.5. The zero-order valence-electron chi connectivity index (χ0n) is 48.6. The van der Waals surface area contributed by atoms with Gasteiger partial charge < -0.3 is 62.3 Å². The van der Waals surface area contributed by atoms with Gasteiger partial charge in [-0.15, -0.1) is 0 Å². The van der Waals surface area contributed by atoms with E-state index >= 15 is 0 Å². The fourth-order valence-corrected chi connectivity index (χ4v) is 11.9. The van der Waals surface area contributed by atoms with Gasteiger partial charge in [-0.3, -0.25) is 39.2 Å². The van der Waals surface area contributed by atoms with Gasteiger partial charge in [0.1, 0.15) is 73.8 Å². The number of aliphatic hydroxyl groups is 4. The maximum absolute atomic E-state index is 11.1. The van der Waals surface area contributed by atoms with Crippen LogP contribution in [0.15, 0.2) is 97.1 Å². The maximum Gasteiger partial charge on any atom is 0.119 e. The van der Waals surface area contributed by atoms with Crippen molar-refractivity contribution in [1.29, 1.82) is 0 Å². The predicted molar refractivity (Wildman–Crippen MR) is 323 cm³/mol. The normalized spacial score (nSPS) is 20.2. The van der Waals surface area contributed by atoms with Gasteiger partial charge in [-0.2, -0.15) is 0 Å². The van der Waals surface area contributed by atoms with Crippen molar-refractivity contribution < 1.29 is 39.4 Å². The largest absolute Gasteiger partial charge is 0.491 e. The van der Waals surface area contributed by atoms with Gasteiger partial charge >= 0.3 is 0 Å². The number of β-amino-alcohol motifs (C(OH)–C–C–N with tert-alkyl or cyclic N) is 4. The fraction of sp³-hybridized carbons (Fsp3) is 0.613. The van der Waals surface area contributed by atoms with Gasteiger partial charge in [0, 0.05) is 195 Å². The number of nitrogens with zero attached hydrogens (tertiary/aromatic N) is 8. The van der Waals surface area contributed by atoms with Gasteiger partial charge in [-0.1, -0.05) is 48.5 Å². The van der Waals surface area contributed by atoms with Crippen molar-refractivity contribution in [3.63, 3.8) is 0 Å². The zero-order chi connectivity index (χ0) is 57.5. The third-order valence-corrected chi connectivity index (χ3v) is 16.6. The molecule has 4 aromatic carbocycles.